The number of rotatable bonds is 2. The zero-order chi connectivity index (χ0) is 11.9. The first-order chi connectivity index (χ1) is 8.27. The molecule has 0 aromatic heterocycles. The molecule has 4 heteroatoms. The van der Waals surface area contributed by atoms with Gasteiger partial charge in [-0.1, -0.05) is 0 Å². The van der Waals surface area contributed by atoms with Crippen molar-refractivity contribution in [3.05, 3.63) is 0 Å². The van der Waals surface area contributed by atoms with Gasteiger partial charge in [0, 0.05) is 12.5 Å². The highest BCUT2D eigenvalue weighted by atomic mass is 16.3. The van der Waals surface area contributed by atoms with E-state index in [2.05, 4.69) is 5.32 Å². The third kappa shape index (κ3) is 1.87. The molecule has 1 saturated carbocycles. The van der Waals surface area contributed by atoms with Gasteiger partial charge in [0.15, 0.2) is 0 Å². The van der Waals surface area contributed by atoms with Crippen LogP contribution in [0.4, 0.5) is 0 Å². The molecule has 2 aliphatic heterocycles. The minimum Gasteiger partial charge on any atom is -0.394 e. The Balaban J connectivity index is 1.64. The molecule has 2 unspecified atom stereocenters. The number of nitrogens with zero attached hydrogens (tertiary/aromatic N) is 1. The van der Waals surface area contributed by atoms with Crippen LogP contribution in [-0.2, 0) is 4.79 Å². The van der Waals surface area contributed by atoms with Gasteiger partial charge < -0.3 is 15.3 Å². The fourth-order valence-corrected chi connectivity index (χ4v) is 3.69. The normalized spacial score (nSPS) is 35.2. The number of aliphatic hydroxyl groups excluding tert-OH is 1. The van der Waals surface area contributed by atoms with Gasteiger partial charge >= 0.3 is 0 Å². The fourth-order valence-electron chi connectivity index (χ4n) is 3.69. The molecular weight excluding hydrogens is 216 g/mol. The third-order valence-electron chi connectivity index (χ3n) is 4.96. The van der Waals surface area contributed by atoms with Crippen LogP contribution in [0.2, 0.25) is 0 Å². The van der Waals surface area contributed by atoms with E-state index < -0.39 is 0 Å². The van der Waals surface area contributed by atoms with Gasteiger partial charge in [-0.25, -0.2) is 0 Å². The molecule has 96 valence electrons. The molecular formula is C13H22N2O2. The molecule has 0 aromatic carbocycles. The minimum absolute atomic E-state index is 0.0989. The summed E-state index contributed by atoms with van der Waals surface area (Å²) in [6, 6.07) is 0.0989. The summed E-state index contributed by atoms with van der Waals surface area (Å²) in [5, 5.41) is 12.6. The lowest BCUT2D eigenvalue weighted by Crippen LogP contribution is -2.40. The second kappa shape index (κ2) is 4.25. The van der Waals surface area contributed by atoms with E-state index in [4.69, 9.17) is 0 Å². The summed E-state index contributed by atoms with van der Waals surface area (Å²) >= 11 is 0. The minimum atomic E-state index is 0.0989. The SMILES string of the molecule is O=C(C1CC12CCNCC2)N1CCCC1CO. The second-order valence-corrected chi connectivity index (χ2v) is 5.88. The Hall–Kier alpha value is -0.610. The summed E-state index contributed by atoms with van der Waals surface area (Å²) < 4.78 is 0. The van der Waals surface area contributed by atoms with Crippen LogP contribution >= 0.6 is 0 Å². The monoisotopic (exact) mass is 238 g/mol. The molecule has 1 spiro atoms. The molecule has 2 heterocycles. The summed E-state index contributed by atoms with van der Waals surface area (Å²) in [7, 11) is 0. The van der Waals surface area contributed by atoms with E-state index in [1.807, 2.05) is 4.90 Å². The maximum Gasteiger partial charge on any atom is 0.226 e. The van der Waals surface area contributed by atoms with Gasteiger partial charge in [-0.15, -0.1) is 0 Å². The Labute approximate surface area is 102 Å². The summed E-state index contributed by atoms with van der Waals surface area (Å²) in [5.41, 5.74) is 0.324. The first-order valence-electron chi connectivity index (χ1n) is 6.89. The van der Waals surface area contributed by atoms with E-state index in [0.717, 1.165) is 51.7 Å². The first-order valence-corrected chi connectivity index (χ1v) is 6.89. The summed E-state index contributed by atoms with van der Waals surface area (Å²) in [6.45, 7) is 3.11. The number of carbonyl (C=O) groups is 1. The lowest BCUT2D eigenvalue weighted by Gasteiger charge is -2.27. The van der Waals surface area contributed by atoms with E-state index in [1.165, 1.54) is 0 Å². The van der Waals surface area contributed by atoms with Crippen molar-refractivity contribution in [1.82, 2.24) is 10.2 Å². The number of aliphatic hydroxyl groups is 1. The molecule has 3 aliphatic rings. The second-order valence-electron chi connectivity index (χ2n) is 5.88. The average Bonchev–Trinajstić information content (AvgIpc) is 2.86. The zero-order valence-electron chi connectivity index (χ0n) is 10.3. The van der Waals surface area contributed by atoms with E-state index in [9.17, 15) is 9.90 Å². The molecule has 17 heavy (non-hydrogen) atoms. The standard InChI is InChI=1S/C13H22N2O2/c16-9-10-2-1-7-15(10)12(17)11-8-13(11)3-5-14-6-4-13/h10-11,14,16H,1-9H2. The topological polar surface area (TPSA) is 52.6 Å². The molecule has 1 aliphatic carbocycles. The van der Waals surface area contributed by atoms with Crippen molar-refractivity contribution in [3.8, 4) is 0 Å². The van der Waals surface area contributed by atoms with Crippen molar-refractivity contribution in [2.75, 3.05) is 26.2 Å². The maximum atomic E-state index is 12.4. The molecule has 3 rings (SSSR count). The third-order valence-corrected chi connectivity index (χ3v) is 4.96. The molecule has 0 aromatic rings. The zero-order valence-corrected chi connectivity index (χ0v) is 10.3. The van der Waals surface area contributed by atoms with E-state index in [0.29, 0.717) is 11.3 Å². The van der Waals surface area contributed by atoms with Crippen molar-refractivity contribution in [2.24, 2.45) is 11.3 Å². The van der Waals surface area contributed by atoms with Gasteiger partial charge in [0.1, 0.15) is 0 Å². The van der Waals surface area contributed by atoms with Gasteiger partial charge in [-0.05, 0) is 50.6 Å². The molecule has 3 fully saturated rings. The molecule has 2 N–H and O–H groups in total. The Bertz CT molecular complexity index is 313. The highest BCUT2D eigenvalue weighted by Gasteiger charge is 2.59. The van der Waals surface area contributed by atoms with Crippen LogP contribution in [-0.4, -0.2) is 48.2 Å². The molecule has 2 saturated heterocycles. The highest BCUT2D eigenvalue weighted by Crippen LogP contribution is 2.59. The summed E-state index contributed by atoms with van der Waals surface area (Å²) in [6.07, 6.45) is 5.42. The van der Waals surface area contributed by atoms with Crippen LogP contribution in [0.25, 0.3) is 0 Å². The lowest BCUT2D eigenvalue weighted by molar-refractivity contribution is -0.135. The smallest absolute Gasteiger partial charge is 0.226 e. The number of nitrogens with one attached hydrogen (secondary N) is 1. The van der Waals surface area contributed by atoms with Crippen LogP contribution in [0.1, 0.15) is 32.1 Å². The van der Waals surface area contributed by atoms with Gasteiger partial charge in [0.25, 0.3) is 0 Å². The Kier molecular flexibility index (Phi) is 2.87. The van der Waals surface area contributed by atoms with Crippen LogP contribution in [0.5, 0.6) is 0 Å². The van der Waals surface area contributed by atoms with Gasteiger partial charge in [0.2, 0.25) is 5.91 Å². The average molecular weight is 238 g/mol. The largest absolute Gasteiger partial charge is 0.394 e. The maximum absolute atomic E-state index is 12.4. The molecule has 0 radical (unpaired) electrons. The molecule has 4 nitrogen and oxygen atoms in total. The van der Waals surface area contributed by atoms with Gasteiger partial charge in [-0.3, -0.25) is 4.79 Å². The van der Waals surface area contributed by atoms with E-state index >= 15 is 0 Å². The Morgan fingerprint density at radius 2 is 2.18 bits per heavy atom. The predicted molar refractivity (Wildman–Crippen MR) is 64.5 cm³/mol. The number of hydrogen-bond donors (Lipinski definition) is 2. The van der Waals surface area contributed by atoms with Crippen molar-refractivity contribution in [1.29, 1.82) is 0 Å². The number of hydrogen-bond acceptors (Lipinski definition) is 3. The lowest BCUT2D eigenvalue weighted by atomic mass is 9.91. The van der Waals surface area contributed by atoms with Gasteiger partial charge in [-0.2, -0.15) is 0 Å². The van der Waals surface area contributed by atoms with Crippen molar-refractivity contribution < 1.29 is 9.90 Å². The predicted octanol–water partition coefficient (Wildman–Crippen LogP) is 0.359. The van der Waals surface area contributed by atoms with Crippen LogP contribution in [0.15, 0.2) is 0 Å². The fraction of sp³-hybridized carbons (Fsp3) is 0.923. The molecule has 0 bridgehead atoms. The summed E-state index contributed by atoms with van der Waals surface area (Å²) in [4.78, 5) is 14.4. The van der Waals surface area contributed by atoms with Crippen LogP contribution < -0.4 is 5.32 Å². The van der Waals surface area contributed by atoms with Crippen molar-refractivity contribution in [3.63, 3.8) is 0 Å². The van der Waals surface area contributed by atoms with Crippen LogP contribution in [0, 0.1) is 11.3 Å². The van der Waals surface area contributed by atoms with Crippen molar-refractivity contribution >= 4 is 5.91 Å². The van der Waals surface area contributed by atoms with E-state index in [1.54, 1.807) is 0 Å². The first kappa shape index (κ1) is 11.5. The molecule has 1 amide bonds. The highest BCUT2D eigenvalue weighted by molar-refractivity contribution is 5.83. The quantitative estimate of drug-likeness (QED) is 0.730. The van der Waals surface area contributed by atoms with Gasteiger partial charge in [0.05, 0.1) is 12.6 Å². The van der Waals surface area contributed by atoms with Crippen molar-refractivity contribution in [2.45, 2.75) is 38.1 Å². The van der Waals surface area contributed by atoms with Crippen LogP contribution in [0.3, 0.4) is 0 Å². The number of amides is 1. The van der Waals surface area contributed by atoms with E-state index in [-0.39, 0.29) is 18.6 Å². The number of likely N-dealkylation sites (tertiary alicyclic amines) is 1. The number of carbonyl (C=O) groups excluding carboxylic acids is 1. The summed E-state index contributed by atoms with van der Waals surface area (Å²) in [5.74, 6) is 0.584. The Morgan fingerprint density at radius 3 is 2.88 bits per heavy atom. The Morgan fingerprint density at radius 1 is 1.41 bits per heavy atom. The molecule has 2 atom stereocenters. The number of piperidine rings is 1.